The molecule has 148 valence electrons. The van der Waals surface area contributed by atoms with E-state index < -0.39 is 10.0 Å². The molecule has 0 aliphatic heterocycles. The number of rotatable bonds is 5. The normalized spacial score (nSPS) is 12.2. The summed E-state index contributed by atoms with van der Waals surface area (Å²) in [7, 11) is -3.35. The Morgan fingerprint density at radius 3 is 2.14 bits per heavy atom. The van der Waals surface area contributed by atoms with E-state index in [2.05, 4.69) is 60.0 Å². The molecule has 0 saturated heterocycles. The maximum absolute atomic E-state index is 11.7. The van der Waals surface area contributed by atoms with Gasteiger partial charge in [0, 0.05) is 17.0 Å². The molecule has 0 aliphatic rings. The van der Waals surface area contributed by atoms with Crippen molar-refractivity contribution >= 4 is 26.6 Å². The van der Waals surface area contributed by atoms with Crippen LogP contribution >= 0.6 is 0 Å². The highest BCUT2D eigenvalue weighted by molar-refractivity contribution is 7.92. The molecule has 2 N–H and O–H groups in total. The minimum atomic E-state index is -3.35. The zero-order valence-corrected chi connectivity index (χ0v) is 17.5. The third-order valence-corrected chi connectivity index (χ3v) is 5.99. The topological polar surface area (TPSA) is 62.0 Å². The van der Waals surface area contributed by atoms with Crippen molar-refractivity contribution in [2.45, 2.75) is 19.3 Å². The van der Waals surface area contributed by atoms with Crippen LogP contribution in [-0.4, -0.2) is 19.7 Å². The summed E-state index contributed by atoms with van der Waals surface area (Å²) in [6.45, 7) is 4.37. The van der Waals surface area contributed by atoms with Crippen LogP contribution < -0.4 is 4.72 Å². The fourth-order valence-electron chi connectivity index (χ4n) is 3.82. The van der Waals surface area contributed by atoms with Crippen LogP contribution in [0.4, 0.5) is 5.69 Å². The number of sulfonamides is 1. The van der Waals surface area contributed by atoms with Crippen LogP contribution in [0.25, 0.3) is 22.0 Å². The Kier molecular flexibility index (Phi) is 4.71. The monoisotopic (exact) mass is 404 g/mol. The van der Waals surface area contributed by atoms with E-state index in [1.165, 1.54) is 16.7 Å². The molecular formula is C24H24N2O2S. The van der Waals surface area contributed by atoms with Gasteiger partial charge in [0.15, 0.2) is 0 Å². The van der Waals surface area contributed by atoms with Gasteiger partial charge in [-0.2, -0.15) is 0 Å². The number of benzene rings is 3. The van der Waals surface area contributed by atoms with Gasteiger partial charge in [-0.05, 0) is 28.3 Å². The summed E-state index contributed by atoms with van der Waals surface area (Å²) in [6.07, 6.45) is 3.14. The molecule has 0 atom stereocenters. The Labute approximate surface area is 171 Å². The van der Waals surface area contributed by atoms with E-state index in [1.54, 1.807) is 6.07 Å². The second-order valence-corrected chi connectivity index (χ2v) is 9.62. The highest BCUT2D eigenvalue weighted by Crippen LogP contribution is 2.38. The summed E-state index contributed by atoms with van der Waals surface area (Å²) in [5.41, 5.74) is 5.80. The molecule has 0 fully saturated rings. The molecule has 0 radical (unpaired) electrons. The number of hydrogen-bond donors (Lipinski definition) is 2. The molecule has 0 aliphatic carbocycles. The van der Waals surface area contributed by atoms with Gasteiger partial charge < -0.3 is 4.98 Å². The average molecular weight is 405 g/mol. The van der Waals surface area contributed by atoms with Gasteiger partial charge in [-0.3, -0.25) is 4.72 Å². The molecule has 0 unspecified atom stereocenters. The van der Waals surface area contributed by atoms with Crippen molar-refractivity contribution in [3.8, 4) is 11.1 Å². The van der Waals surface area contributed by atoms with Crippen molar-refractivity contribution < 1.29 is 8.42 Å². The number of aromatic nitrogens is 1. The summed E-state index contributed by atoms with van der Waals surface area (Å²) >= 11 is 0. The highest BCUT2D eigenvalue weighted by atomic mass is 32.2. The van der Waals surface area contributed by atoms with Crippen molar-refractivity contribution in [2.24, 2.45) is 0 Å². The Balaban J connectivity index is 1.74. The van der Waals surface area contributed by atoms with Gasteiger partial charge >= 0.3 is 0 Å². The molecule has 5 heteroatoms. The molecule has 0 spiro atoms. The average Bonchev–Trinajstić information content (AvgIpc) is 3.14. The second-order valence-electron chi connectivity index (χ2n) is 7.87. The van der Waals surface area contributed by atoms with Crippen molar-refractivity contribution in [3.63, 3.8) is 0 Å². The van der Waals surface area contributed by atoms with Gasteiger partial charge in [0.2, 0.25) is 10.0 Å². The molecule has 1 heterocycles. The SMILES string of the molecule is CC(C)(c1ccc(-c2ccccc2)cc1)c1c[nH]c2c(NS(C)(=O)=O)cccc12. The predicted octanol–water partition coefficient (Wildman–Crippen LogP) is 5.53. The van der Waals surface area contributed by atoms with Crippen molar-refractivity contribution in [1.82, 2.24) is 4.98 Å². The fraction of sp³-hybridized carbons (Fsp3) is 0.167. The Morgan fingerprint density at radius 1 is 0.828 bits per heavy atom. The smallest absolute Gasteiger partial charge is 0.229 e. The number of anilines is 1. The second kappa shape index (κ2) is 7.08. The summed E-state index contributed by atoms with van der Waals surface area (Å²) in [4.78, 5) is 3.27. The first-order valence-electron chi connectivity index (χ1n) is 9.50. The zero-order valence-electron chi connectivity index (χ0n) is 16.7. The van der Waals surface area contributed by atoms with E-state index in [4.69, 9.17) is 0 Å². The minimum absolute atomic E-state index is 0.253. The maximum Gasteiger partial charge on any atom is 0.229 e. The first-order chi connectivity index (χ1) is 13.8. The molecule has 0 bridgehead atoms. The number of H-pyrrole nitrogens is 1. The largest absolute Gasteiger partial charge is 0.359 e. The Bertz CT molecular complexity index is 1260. The Hall–Kier alpha value is -3.05. The molecule has 4 nitrogen and oxygen atoms in total. The molecule has 1 aromatic heterocycles. The van der Waals surface area contributed by atoms with Gasteiger partial charge in [-0.25, -0.2) is 8.42 Å². The van der Waals surface area contributed by atoms with E-state index in [-0.39, 0.29) is 5.41 Å². The standard InChI is InChI=1S/C24H24N2O2S/c1-24(2,19-14-12-18(13-15-19)17-8-5-4-6-9-17)21-16-25-23-20(21)10-7-11-22(23)26-29(3,27)28/h4-16,25-26H,1-3H3. The maximum atomic E-state index is 11.7. The molecule has 0 saturated carbocycles. The summed E-state index contributed by atoms with van der Waals surface area (Å²) in [5.74, 6) is 0. The predicted molar refractivity (Wildman–Crippen MR) is 121 cm³/mol. The van der Waals surface area contributed by atoms with Gasteiger partial charge in [0.25, 0.3) is 0 Å². The van der Waals surface area contributed by atoms with Crippen LogP contribution in [-0.2, 0) is 15.4 Å². The van der Waals surface area contributed by atoms with E-state index in [0.717, 1.165) is 22.7 Å². The lowest BCUT2D eigenvalue weighted by Crippen LogP contribution is -2.18. The van der Waals surface area contributed by atoms with Gasteiger partial charge in [0.05, 0.1) is 17.5 Å². The summed E-state index contributed by atoms with van der Waals surface area (Å²) < 4.78 is 26.0. The van der Waals surface area contributed by atoms with E-state index in [9.17, 15) is 8.42 Å². The van der Waals surface area contributed by atoms with E-state index in [1.807, 2.05) is 36.5 Å². The first kappa shape index (κ1) is 19.3. The number of aromatic amines is 1. The fourth-order valence-corrected chi connectivity index (χ4v) is 4.39. The quantitative estimate of drug-likeness (QED) is 0.459. The molecular weight excluding hydrogens is 380 g/mol. The third kappa shape index (κ3) is 3.78. The van der Waals surface area contributed by atoms with Crippen molar-refractivity contribution in [1.29, 1.82) is 0 Å². The highest BCUT2D eigenvalue weighted by Gasteiger charge is 2.27. The molecule has 29 heavy (non-hydrogen) atoms. The van der Waals surface area contributed by atoms with Crippen LogP contribution in [0.1, 0.15) is 25.0 Å². The van der Waals surface area contributed by atoms with Gasteiger partial charge in [-0.1, -0.05) is 80.6 Å². The molecule has 3 aromatic carbocycles. The number of fused-ring (bicyclic) bond motifs is 1. The van der Waals surface area contributed by atoms with Crippen LogP contribution in [0.15, 0.2) is 79.0 Å². The summed E-state index contributed by atoms with van der Waals surface area (Å²) in [5, 5.41) is 1.01. The summed E-state index contributed by atoms with van der Waals surface area (Å²) in [6, 6.07) is 24.6. The van der Waals surface area contributed by atoms with Crippen LogP contribution in [0, 0.1) is 0 Å². The molecule has 0 amide bonds. The van der Waals surface area contributed by atoms with Crippen LogP contribution in [0.2, 0.25) is 0 Å². The first-order valence-corrected chi connectivity index (χ1v) is 11.4. The molecule has 4 rings (SSSR count). The van der Waals surface area contributed by atoms with Crippen molar-refractivity contribution in [2.75, 3.05) is 11.0 Å². The van der Waals surface area contributed by atoms with Crippen molar-refractivity contribution in [3.05, 3.63) is 90.1 Å². The Morgan fingerprint density at radius 2 is 1.48 bits per heavy atom. The lowest BCUT2D eigenvalue weighted by Gasteiger charge is -2.25. The number of nitrogens with one attached hydrogen (secondary N) is 2. The van der Waals surface area contributed by atoms with Crippen LogP contribution in [0.5, 0.6) is 0 Å². The molecule has 4 aromatic rings. The van der Waals surface area contributed by atoms with E-state index in [0.29, 0.717) is 5.69 Å². The third-order valence-electron chi connectivity index (χ3n) is 5.40. The number of para-hydroxylation sites is 1. The van der Waals surface area contributed by atoms with E-state index >= 15 is 0 Å². The lowest BCUT2D eigenvalue weighted by atomic mass is 9.77. The van der Waals surface area contributed by atoms with Gasteiger partial charge in [-0.15, -0.1) is 0 Å². The van der Waals surface area contributed by atoms with Crippen LogP contribution in [0.3, 0.4) is 0 Å². The minimum Gasteiger partial charge on any atom is -0.359 e. The zero-order chi connectivity index (χ0) is 20.6. The van der Waals surface area contributed by atoms with Gasteiger partial charge in [0.1, 0.15) is 0 Å². The number of hydrogen-bond acceptors (Lipinski definition) is 2. The lowest BCUT2D eigenvalue weighted by molar-refractivity contribution is 0.607.